The summed E-state index contributed by atoms with van der Waals surface area (Å²) in [6.07, 6.45) is -2.52. The number of amides is 1. The molecule has 0 aliphatic carbocycles. The third-order valence-corrected chi connectivity index (χ3v) is 4.30. The van der Waals surface area contributed by atoms with Crippen molar-refractivity contribution in [2.24, 2.45) is 0 Å². The Kier molecular flexibility index (Phi) is 5.62. The smallest absolute Gasteiger partial charge is 0.493 e. The predicted molar refractivity (Wildman–Crippen MR) is 95.9 cm³/mol. The van der Waals surface area contributed by atoms with Gasteiger partial charge in [0.05, 0.1) is 6.61 Å². The number of halogens is 3. The molecule has 2 heterocycles. The van der Waals surface area contributed by atoms with E-state index in [4.69, 9.17) is 4.74 Å². The molecular weight excluding hydrogens is 377 g/mol. The predicted octanol–water partition coefficient (Wildman–Crippen LogP) is 3.73. The minimum atomic E-state index is -4.78. The van der Waals surface area contributed by atoms with Crippen LogP contribution in [0.2, 0.25) is 0 Å². The van der Waals surface area contributed by atoms with E-state index < -0.39 is 12.3 Å². The number of alkyl halides is 3. The van der Waals surface area contributed by atoms with E-state index in [1.807, 2.05) is 0 Å². The van der Waals surface area contributed by atoms with E-state index in [0.717, 1.165) is 25.0 Å². The van der Waals surface area contributed by atoms with E-state index in [1.54, 1.807) is 11.5 Å². The van der Waals surface area contributed by atoms with Crippen molar-refractivity contribution in [3.8, 4) is 11.5 Å². The molecule has 0 saturated carbocycles. The van der Waals surface area contributed by atoms with Gasteiger partial charge in [0.25, 0.3) is 11.5 Å². The molecule has 0 spiro atoms. The highest BCUT2D eigenvalue weighted by molar-refractivity contribution is 6.07. The average molecular weight is 396 g/mol. The maximum absolute atomic E-state index is 12.9. The van der Waals surface area contributed by atoms with Crippen molar-refractivity contribution in [1.29, 1.82) is 0 Å². The Morgan fingerprint density at radius 3 is 2.57 bits per heavy atom. The minimum absolute atomic E-state index is 0.204. The zero-order valence-electron chi connectivity index (χ0n) is 15.1. The Bertz CT molecular complexity index is 921. The number of nitrogens with zero attached hydrogens (tertiary/aromatic N) is 1. The molecule has 150 valence electrons. The summed E-state index contributed by atoms with van der Waals surface area (Å²) in [5, 5.41) is 2.65. The lowest BCUT2D eigenvalue weighted by Crippen LogP contribution is -2.31. The van der Waals surface area contributed by atoms with Crippen LogP contribution in [-0.4, -0.2) is 23.4 Å². The molecule has 28 heavy (non-hydrogen) atoms. The second-order valence-electron chi connectivity index (χ2n) is 6.24. The Balaban J connectivity index is 1.89. The van der Waals surface area contributed by atoms with Crippen molar-refractivity contribution in [2.45, 2.75) is 39.1 Å². The van der Waals surface area contributed by atoms with Crippen LogP contribution in [0.3, 0.4) is 0 Å². The monoisotopic (exact) mass is 396 g/mol. The van der Waals surface area contributed by atoms with Gasteiger partial charge >= 0.3 is 6.36 Å². The van der Waals surface area contributed by atoms with Gasteiger partial charge in [-0.15, -0.1) is 13.2 Å². The van der Waals surface area contributed by atoms with Gasteiger partial charge in [0.1, 0.15) is 17.1 Å². The summed E-state index contributed by atoms with van der Waals surface area (Å²) < 4.78 is 47.6. The second kappa shape index (κ2) is 7.95. The number of fused-ring (bicyclic) bond motifs is 1. The highest BCUT2D eigenvalue weighted by Gasteiger charge is 2.31. The normalized spacial score (nSPS) is 13.6. The molecule has 9 heteroatoms. The zero-order chi connectivity index (χ0) is 20.3. The van der Waals surface area contributed by atoms with Crippen LogP contribution in [0.15, 0.2) is 35.1 Å². The van der Waals surface area contributed by atoms with E-state index in [-0.39, 0.29) is 29.2 Å². The summed E-state index contributed by atoms with van der Waals surface area (Å²) in [5.41, 5.74) is 0.958. The summed E-state index contributed by atoms with van der Waals surface area (Å²) in [4.78, 5) is 25.2. The van der Waals surface area contributed by atoms with Crippen molar-refractivity contribution in [3.63, 3.8) is 0 Å². The molecule has 2 aromatic rings. The molecule has 1 aromatic heterocycles. The Morgan fingerprint density at radius 2 is 1.93 bits per heavy atom. The second-order valence-corrected chi connectivity index (χ2v) is 6.24. The quantitative estimate of drug-likeness (QED) is 0.836. The lowest BCUT2D eigenvalue weighted by atomic mass is 10.0. The number of benzene rings is 1. The maximum atomic E-state index is 12.9. The fourth-order valence-corrected chi connectivity index (χ4v) is 3.19. The van der Waals surface area contributed by atoms with Crippen LogP contribution in [0.25, 0.3) is 0 Å². The van der Waals surface area contributed by atoms with Gasteiger partial charge in [-0.1, -0.05) is 0 Å². The van der Waals surface area contributed by atoms with Crippen molar-refractivity contribution in [3.05, 3.63) is 51.9 Å². The van der Waals surface area contributed by atoms with Gasteiger partial charge in [-0.25, -0.2) is 0 Å². The zero-order valence-corrected chi connectivity index (χ0v) is 15.1. The van der Waals surface area contributed by atoms with E-state index in [2.05, 4.69) is 10.1 Å². The molecule has 1 amide bonds. The highest BCUT2D eigenvalue weighted by atomic mass is 19.4. The number of carbonyl (C=O) groups is 1. The molecule has 0 fully saturated rings. The minimum Gasteiger partial charge on any atom is -0.493 e. The molecule has 0 bridgehead atoms. The first kappa shape index (κ1) is 19.8. The van der Waals surface area contributed by atoms with Crippen LogP contribution in [0, 0.1) is 0 Å². The number of nitrogens with one attached hydrogen (secondary N) is 1. The van der Waals surface area contributed by atoms with Gasteiger partial charge in [-0.2, -0.15) is 0 Å². The molecular formula is C19H19F3N2O4. The maximum Gasteiger partial charge on any atom is 0.573 e. The standard InChI is InChI=1S/C19H19F3N2O4/c1-2-27-15-11-16(25)24-10-4-3-5-14(24)17(15)18(26)23-12-6-8-13(9-7-12)28-19(20,21)22/h6-9,11H,2-5,10H2,1H3,(H,23,26). The molecule has 6 nitrogen and oxygen atoms in total. The van der Waals surface area contributed by atoms with Gasteiger partial charge in [0.2, 0.25) is 0 Å². The van der Waals surface area contributed by atoms with E-state index in [0.29, 0.717) is 24.3 Å². The SMILES string of the molecule is CCOc1cc(=O)n2c(c1C(=O)Nc1ccc(OC(F)(F)F)cc1)CCCC2. The summed E-state index contributed by atoms with van der Waals surface area (Å²) in [6, 6.07) is 6.13. The van der Waals surface area contributed by atoms with Crippen LogP contribution in [0.1, 0.15) is 35.8 Å². The number of aromatic nitrogens is 1. The molecule has 0 atom stereocenters. The van der Waals surface area contributed by atoms with Crippen molar-refractivity contribution >= 4 is 11.6 Å². The first-order valence-corrected chi connectivity index (χ1v) is 8.85. The lowest BCUT2D eigenvalue weighted by molar-refractivity contribution is -0.274. The summed E-state index contributed by atoms with van der Waals surface area (Å²) in [5.74, 6) is -0.669. The average Bonchev–Trinajstić information content (AvgIpc) is 2.62. The number of hydrogen-bond donors (Lipinski definition) is 1. The molecule has 1 aliphatic heterocycles. The van der Waals surface area contributed by atoms with Gasteiger partial charge in [-0.3, -0.25) is 9.59 Å². The van der Waals surface area contributed by atoms with Crippen LogP contribution < -0.4 is 20.3 Å². The van der Waals surface area contributed by atoms with Gasteiger partial charge in [0.15, 0.2) is 0 Å². The number of carbonyl (C=O) groups excluding carboxylic acids is 1. The fourth-order valence-electron chi connectivity index (χ4n) is 3.19. The third-order valence-electron chi connectivity index (χ3n) is 4.30. The van der Waals surface area contributed by atoms with Crippen LogP contribution >= 0.6 is 0 Å². The molecule has 0 unspecified atom stereocenters. The van der Waals surface area contributed by atoms with Crippen molar-refractivity contribution < 1.29 is 27.4 Å². The fraction of sp³-hybridized carbons (Fsp3) is 0.368. The Hall–Kier alpha value is -2.97. The number of rotatable bonds is 5. The number of anilines is 1. The summed E-state index contributed by atoms with van der Waals surface area (Å²) in [7, 11) is 0. The third kappa shape index (κ3) is 4.47. The number of hydrogen-bond acceptors (Lipinski definition) is 4. The molecule has 1 N–H and O–H groups in total. The van der Waals surface area contributed by atoms with Crippen LogP contribution in [0.5, 0.6) is 11.5 Å². The molecule has 0 saturated heterocycles. The van der Waals surface area contributed by atoms with Gasteiger partial charge in [-0.05, 0) is 50.5 Å². The van der Waals surface area contributed by atoms with Crippen LogP contribution in [-0.2, 0) is 13.0 Å². The highest BCUT2D eigenvalue weighted by Crippen LogP contribution is 2.28. The van der Waals surface area contributed by atoms with E-state index in [9.17, 15) is 22.8 Å². The van der Waals surface area contributed by atoms with E-state index in [1.165, 1.54) is 18.2 Å². The molecule has 3 rings (SSSR count). The first-order valence-electron chi connectivity index (χ1n) is 8.85. The van der Waals surface area contributed by atoms with Gasteiger partial charge < -0.3 is 19.4 Å². The summed E-state index contributed by atoms with van der Waals surface area (Å²) >= 11 is 0. The Labute approximate surface area is 158 Å². The number of pyridine rings is 1. The van der Waals surface area contributed by atoms with Crippen molar-refractivity contribution in [2.75, 3.05) is 11.9 Å². The van der Waals surface area contributed by atoms with Crippen LogP contribution in [0.4, 0.5) is 18.9 Å². The largest absolute Gasteiger partial charge is 0.573 e. The Morgan fingerprint density at radius 1 is 1.21 bits per heavy atom. The lowest BCUT2D eigenvalue weighted by Gasteiger charge is -2.23. The number of ether oxygens (including phenoxy) is 2. The molecule has 0 radical (unpaired) electrons. The van der Waals surface area contributed by atoms with Gasteiger partial charge in [0, 0.05) is 24.0 Å². The molecule has 1 aromatic carbocycles. The van der Waals surface area contributed by atoms with E-state index >= 15 is 0 Å². The van der Waals surface area contributed by atoms with Crippen molar-refractivity contribution in [1.82, 2.24) is 4.57 Å². The molecule has 1 aliphatic rings. The first-order chi connectivity index (χ1) is 13.3. The topological polar surface area (TPSA) is 69.6 Å². The summed E-state index contributed by atoms with van der Waals surface area (Å²) in [6.45, 7) is 2.56.